The van der Waals surface area contributed by atoms with Crippen molar-refractivity contribution in [2.75, 3.05) is 43.4 Å². The van der Waals surface area contributed by atoms with Gasteiger partial charge in [0.25, 0.3) is 11.8 Å². The van der Waals surface area contributed by atoms with Gasteiger partial charge in [0.2, 0.25) is 0 Å². The first-order valence-electron chi connectivity index (χ1n) is 14.2. The third-order valence-electron chi connectivity index (χ3n) is 7.50. The lowest BCUT2D eigenvalue weighted by Gasteiger charge is -2.34. The molecular formula is C33H31ClF3N5O2. The number of likely N-dealkylation sites (N-methyl/N-ethyl adjacent to an activating group) is 1. The van der Waals surface area contributed by atoms with Gasteiger partial charge in [0.05, 0.1) is 11.1 Å². The van der Waals surface area contributed by atoms with Gasteiger partial charge in [-0.15, -0.1) is 0 Å². The number of alkyl halides is 3. The van der Waals surface area contributed by atoms with Crippen molar-refractivity contribution in [3.05, 3.63) is 112 Å². The normalized spacial score (nSPS) is 14.3. The van der Waals surface area contributed by atoms with E-state index in [-0.39, 0.29) is 34.1 Å². The largest absolute Gasteiger partial charge is 0.416 e. The Bertz CT molecular complexity index is 1640. The maximum Gasteiger partial charge on any atom is 0.416 e. The number of nitrogens with zero attached hydrogens (tertiary/aromatic N) is 3. The molecule has 0 atom stereocenters. The molecule has 1 aliphatic rings. The third-order valence-corrected chi connectivity index (χ3v) is 7.72. The van der Waals surface area contributed by atoms with Crippen molar-refractivity contribution in [2.45, 2.75) is 19.6 Å². The zero-order chi connectivity index (χ0) is 31.3. The minimum absolute atomic E-state index is 0.00348. The molecule has 0 aliphatic carbocycles. The molecule has 44 heavy (non-hydrogen) atoms. The number of benzene rings is 3. The van der Waals surface area contributed by atoms with Crippen LogP contribution in [0, 0.1) is 0 Å². The lowest BCUT2D eigenvalue weighted by molar-refractivity contribution is -0.138. The van der Waals surface area contributed by atoms with Crippen molar-refractivity contribution in [1.82, 2.24) is 14.8 Å². The maximum atomic E-state index is 14.0. The van der Waals surface area contributed by atoms with Crippen LogP contribution in [-0.4, -0.2) is 59.3 Å². The van der Waals surface area contributed by atoms with Gasteiger partial charge in [-0.25, -0.2) is 0 Å². The van der Waals surface area contributed by atoms with Crippen LogP contribution in [0.3, 0.4) is 0 Å². The summed E-state index contributed by atoms with van der Waals surface area (Å²) in [5.74, 6) is -1.14. The summed E-state index contributed by atoms with van der Waals surface area (Å²) in [6.07, 6.45) is -1.52. The van der Waals surface area contributed by atoms with Crippen molar-refractivity contribution < 1.29 is 22.8 Å². The second-order valence-corrected chi connectivity index (χ2v) is 11.0. The Morgan fingerprint density at radius 2 is 1.48 bits per heavy atom. The van der Waals surface area contributed by atoms with Crippen LogP contribution in [0.1, 0.15) is 38.8 Å². The fraction of sp³-hybridized carbons (Fsp3) is 0.242. The number of halogens is 4. The van der Waals surface area contributed by atoms with E-state index < -0.39 is 23.6 Å². The average Bonchev–Trinajstić information content (AvgIpc) is 3.02. The smallest absolute Gasteiger partial charge is 0.322 e. The second-order valence-electron chi connectivity index (χ2n) is 10.5. The molecule has 2 heterocycles. The summed E-state index contributed by atoms with van der Waals surface area (Å²) in [7, 11) is 0. The fourth-order valence-electron chi connectivity index (χ4n) is 5.11. The molecule has 0 radical (unpaired) electrons. The predicted molar refractivity (Wildman–Crippen MR) is 166 cm³/mol. The Morgan fingerprint density at radius 3 is 2.18 bits per heavy atom. The van der Waals surface area contributed by atoms with E-state index in [2.05, 4.69) is 27.4 Å². The van der Waals surface area contributed by atoms with E-state index in [0.717, 1.165) is 36.8 Å². The first-order valence-corrected chi connectivity index (χ1v) is 14.6. The highest BCUT2D eigenvalue weighted by atomic mass is 35.5. The molecule has 1 aliphatic heterocycles. The number of piperazine rings is 1. The number of rotatable bonds is 8. The van der Waals surface area contributed by atoms with Crippen LogP contribution >= 0.6 is 11.6 Å². The zero-order valence-electron chi connectivity index (χ0n) is 24.0. The first-order chi connectivity index (χ1) is 21.1. The van der Waals surface area contributed by atoms with E-state index in [1.54, 1.807) is 12.3 Å². The van der Waals surface area contributed by atoms with Crippen LogP contribution in [0.15, 0.2) is 85.2 Å². The molecule has 2 amide bonds. The minimum atomic E-state index is -4.60. The van der Waals surface area contributed by atoms with Crippen molar-refractivity contribution in [1.29, 1.82) is 0 Å². The van der Waals surface area contributed by atoms with Crippen LogP contribution in [0.4, 0.5) is 24.5 Å². The van der Waals surface area contributed by atoms with Gasteiger partial charge < -0.3 is 15.5 Å². The minimum Gasteiger partial charge on any atom is -0.322 e. The predicted octanol–water partition coefficient (Wildman–Crippen LogP) is 7.06. The number of anilines is 2. The van der Waals surface area contributed by atoms with Crippen LogP contribution in [0.2, 0.25) is 5.02 Å². The SMILES string of the molecule is CCN1CCN(Cc2ccc(NC(=O)c3cc(Cl)cc(NC(=O)c4cncc(-c5ccccc5)c4)c3)cc2C(F)(F)F)CC1. The summed E-state index contributed by atoms with van der Waals surface area (Å²) in [5, 5.41) is 5.42. The van der Waals surface area contributed by atoms with Gasteiger partial charge in [-0.2, -0.15) is 13.2 Å². The van der Waals surface area contributed by atoms with Crippen molar-refractivity contribution in [3.8, 4) is 11.1 Å². The summed E-state index contributed by atoms with van der Waals surface area (Å²) < 4.78 is 42.1. The van der Waals surface area contributed by atoms with Gasteiger partial charge >= 0.3 is 6.18 Å². The summed E-state index contributed by atoms with van der Waals surface area (Å²) in [6, 6.07) is 19.2. The quantitative estimate of drug-likeness (QED) is 0.220. The lowest BCUT2D eigenvalue weighted by atomic mass is 10.0. The highest BCUT2D eigenvalue weighted by Crippen LogP contribution is 2.35. The monoisotopic (exact) mass is 621 g/mol. The molecule has 4 aromatic rings. The van der Waals surface area contributed by atoms with E-state index >= 15 is 0 Å². The zero-order valence-corrected chi connectivity index (χ0v) is 24.8. The number of hydrogen-bond donors (Lipinski definition) is 2. The number of carbonyl (C=O) groups is 2. The highest BCUT2D eigenvalue weighted by molar-refractivity contribution is 6.31. The number of hydrogen-bond acceptors (Lipinski definition) is 5. The van der Waals surface area contributed by atoms with E-state index in [1.807, 2.05) is 35.2 Å². The Kier molecular flexibility index (Phi) is 9.63. The molecule has 1 fully saturated rings. The maximum absolute atomic E-state index is 14.0. The molecule has 11 heteroatoms. The lowest BCUT2D eigenvalue weighted by Crippen LogP contribution is -2.45. The van der Waals surface area contributed by atoms with Gasteiger partial charge in [-0.05, 0) is 54.1 Å². The van der Waals surface area contributed by atoms with Crippen LogP contribution in [0.25, 0.3) is 11.1 Å². The Balaban J connectivity index is 1.30. The van der Waals surface area contributed by atoms with Crippen LogP contribution in [-0.2, 0) is 12.7 Å². The molecule has 1 saturated heterocycles. The van der Waals surface area contributed by atoms with Crippen molar-refractivity contribution in [2.24, 2.45) is 0 Å². The molecule has 0 saturated carbocycles. The van der Waals surface area contributed by atoms with Crippen molar-refractivity contribution in [3.63, 3.8) is 0 Å². The summed E-state index contributed by atoms with van der Waals surface area (Å²) in [6.45, 7) is 6.14. The van der Waals surface area contributed by atoms with E-state index in [1.165, 1.54) is 36.5 Å². The third kappa shape index (κ3) is 7.82. The molecule has 0 spiro atoms. The standard InChI is InChI=1S/C33H31ClF3N5O2/c1-2-41-10-12-42(13-11-41)21-23-8-9-28(18-30(23)33(35,36)37)39-31(43)24-15-27(34)17-29(16-24)40-32(44)26-14-25(19-38-20-26)22-6-4-3-5-7-22/h3-9,14-20H,2,10-13,21H2,1H3,(H,39,43)(H,40,44). The Morgan fingerprint density at radius 1 is 0.795 bits per heavy atom. The molecule has 7 nitrogen and oxygen atoms in total. The fourth-order valence-corrected chi connectivity index (χ4v) is 5.35. The molecule has 3 aromatic carbocycles. The molecule has 228 valence electrons. The molecule has 1 aromatic heterocycles. The van der Waals surface area contributed by atoms with Crippen LogP contribution < -0.4 is 10.6 Å². The number of carbonyl (C=O) groups excluding carboxylic acids is 2. The summed E-state index contributed by atoms with van der Waals surface area (Å²) in [5.41, 5.74) is 1.61. The Hall–Kier alpha value is -4.25. The van der Waals surface area contributed by atoms with E-state index in [9.17, 15) is 22.8 Å². The number of amides is 2. The summed E-state index contributed by atoms with van der Waals surface area (Å²) in [4.78, 5) is 34.6. The second kappa shape index (κ2) is 13.6. The van der Waals surface area contributed by atoms with E-state index in [0.29, 0.717) is 18.7 Å². The van der Waals surface area contributed by atoms with Gasteiger partial charge in [-0.3, -0.25) is 19.5 Å². The van der Waals surface area contributed by atoms with Gasteiger partial charge in [-0.1, -0.05) is 54.9 Å². The Labute approximate surface area is 258 Å². The van der Waals surface area contributed by atoms with Gasteiger partial charge in [0, 0.05) is 72.6 Å². The number of aromatic nitrogens is 1. The number of pyridine rings is 1. The average molecular weight is 622 g/mol. The van der Waals surface area contributed by atoms with Gasteiger partial charge in [0.15, 0.2) is 0 Å². The summed E-state index contributed by atoms with van der Waals surface area (Å²) >= 11 is 6.25. The molecular weight excluding hydrogens is 591 g/mol. The molecule has 0 unspecified atom stereocenters. The van der Waals surface area contributed by atoms with E-state index in [4.69, 9.17) is 11.6 Å². The van der Waals surface area contributed by atoms with Crippen LogP contribution in [0.5, 0.6) is 0 Å². The highest BCUT2D eigenvalue weighted by Gasteiger charge is 2.34. The molecule has 5 rings (SSSR count). The molecule has 2 N–H and O–H groups in total. The first kappa shape index (κ1) is 31.2. The van der Waals surface area contributed by atoms with Crippen molar-refractivity contribution >= 4 is 34.8 Å². The molecule has 0 bridgehead atoms. The number of nitrogens with one attached hydrogen (secondary N) is 2. The topological polar surface area (TPSA) is 77.6 Å². The van der Waals surface area contributed by atoms with Gasteiger partial charge in [0.1, 0.15) is 0 Å².